The Balaban J connectivity index is 1.99. The van der Waals surface area contributed by atoms with Crippen LogP contribution in [0.15, 0.2) is 12.3 Å². The molecule has 0 bridgehead atoms. The van der Waals surface area contributed by atoms with Crippen molar-refractivity contribution in [3.05, 3.63) is 12.3 Å². The van der Waals surface area contributed by atoms with Gasteiger partial charge in [0.15, 0.2) is 0 Å². The number of aliphatic hydroxyl groups excluding tert-OH is 2. The highest BCUT2D eigenvalue weighted by Gasteiger charge is 2.33. The van der Waals surface area contributed by atoms with Crippen LogP contribution in [0.25, 0.3) is 0 Å². The second kappa shape index (κ2) is 4.18. The number of aliphatic hydroxyl groups is 2. The third-order valence-electron chi connectivity index (χ3n) is 2.57. The minimum Gasteiger partial charge on any atom is -0.394 e. The average molecular weight is 214 g/mol. The van der Waals surface area contributed by atoms with Gasteiger partial charge in [0.1, 0.15) is 6.23 Å². The molecule has 3 atom stereocenters. The number of hydrogen-bond acceptors (Lipinski definition) is 5. The van der Waals surface area contributed by atoms with E-state index in [1.165, 1.54) is 17.2 Å². The largest absolute Gasteiger partial charge is 0.394 e. The number of nitrogens with zero attached hydrogens (tertiary/aromatic N) is 1. The summed E-state index contributed by atoms with van der Waals surface area (Å²) in [6.07, 6.45) is 2.82. The van der Waals surface area contributed by atoms with E-state index in [-0.39, 0.29) is 24.8 Å². The maximum Gasteiger partial charge on any atom is 0.248 e. The van der Waals surface area contributed by atoms with Gasteiger partial charge in [-0.15, -0.1) is 0 Å². The minimum absolute atomic E-state index is 0.0174. The maximum absolute atomic E-state index is 10.9. The van der Waals surface area contributed by atoms with Gasteiger partial charge in [-0.1, -0.05) is 0 Å². The van der Waals surface area contributed by atoms with Crippen molar-refractivity contribution in [2.24, 2.45) is 0 Å². The van der Waals surface area contributed by atoms with Crippen LogP contribution < -0.4 is 5.32 Å². The second-order valence-corrected chi connectivity index (χ2v) is 3.62. The summed E-state index contributed by atoms with van der Waals surface area (Å²) in [6.45, 7) is -0.0174. The van der Waals surface area contributed by atoms with Gasteiger partial charge in [-0.2, -0.15) is 0 Å². The van der Waals surface area contributed by atoms with Crippen LogP contribution >= 0.6 is 0 Å². The number of carbonyl (C=O) groups is 1. The first kappa shape index (κ1) is 10.4. The van der Waals surface area contributed by atoms with Crippen LogP contribution in [0, 0.1) is 0 Å². The molecule has 0 aliphatic carbocycles. The standard InChI is InChI=1S/C9H14N2O4/c12-5-6-1-2-8(15-6)11-4-3-7(13)10-9(11)14/h3-4,6,8-9,12,14H,1-2,5H2,(H,10,13). The van der Waals surface area contributed by atoms with E-state index in [9.17, 15) is 9.90 Å². The van der Waals surface area contributed by atoms with Crippen molar-refractivity contribution in [3.8, 4) is 0 Å². The Kier molecular flexibility index (Phi) is 2.90. The van der Waals surface area contributed by atoms with E-state index in [0.717, 1.165) is 12.8 Å². The van der Waals surface area contributed by atoms with Crippen LogP contribution in [-0.4, -0.2) is 46.3 Å². The molecule has 2 heterocycles. The highest BCUT2D eigenvalue weighted by atomic mass is 16.5. The Hall–Kier alpha value is -1.11. The molecule has 0 aromatic heterocycles. The molecule has 2 aliphatic heterocycles. The van der Waals surface area contributed by atoms with E-state index < -0.39 is 6.35 Å². The predicted molar refractivity (Wildman–Crippen MR) is 50.1 cm³/mol. The third kappa shape index (κ3) is 2.11. The van der Waals surface area contributed by atoms with Crippen molar-refractivity contribution in [2.45, 2.75) is 31.5 Å². The molecule has 0 aromatic rings. The lowest BCUT2D eigenvalue weighted by atomic mass is 10.2. The number of amides is 1. The number of hydrogen-bond donors (Lipinski definition) is 3. The quantitative estimate of drug-likeness (QED) is 0.532. The van der Waals surface area contributed by atoms with Crippen molar-refractivity contribution < 1.29 is 19.7 Å². The van der Waals surface area contributed by atoms with Crippen LogP contribution in [-0.2, 0) is 9.53 Å². The normalized spacial score (nSPS) is 35.7. The summed E-state index contributed by atoms with van der Waals surface area (Å²) < 4.78 is 5.47. The zero-order valence-electron chi connectivity index (χ0n) is 8.17. The molecule has 2 aliphatic rings. The zero-order chi connectivity index (χ0) is 10.8. The lowest BCUT2D eigenvalue weighted by molar-refractivity contribution is -0.141. The van der Waals surface area contributed by atoms with E-state index in [0.29, 0.717) is 0 Å². The van der Waals surface area contributed by atoms with Gasteiger partial charge in [-0.25, -0.2) is 0 Å². The smallest absolute Gasteiger partial charge is 0.248 e. The highest BCUT2D eigenvalue weighted by Crippen LogP contribution is 2.24. The first-order valence-corrected chi connectivity index (χ1v) is 4.91. The Morgan fingerprint density at radius 2 is 2.40 bits per heavy atom. The SMILES string of the molecule is O=C1C=CN(C2CCC(CO)O2)C(O)N1. The number of nitrogens with one attached hydrogen (secondary N) is 1. The third-order valence-corrected chi connectivity index (χ3v) is 2.57. The van der Waals surface area contributed by atoms with Gasteiger partial charge in [0.25, 0.3) is 0 Å². The molecule has 1 saturated heterocycles. The van der Waals surface area contributed by atoms with E-state index in [1.54, 1.807) is 0 Å². The molecule has 0 spiro atoms. The van der Waals surface area contributed by atoms with Crippen molar-refractivity contribution in [3.63, 3.8) is 0 Å². The fourth-order valence-corrected chi connectivity index (χ4v) is 1.78. The lowest BCUT2D eigenvalue weighted by Gasteiger charge is -2.34. The summed E-state index contributed by atoms with van der Waals surface area (Å²) >= 11 is 0. The summed E-state index contributed by atoms with van der Waals surface area (Å²) in [5.74, 6) is -0.324. The van der Waals surface area contributed by atoms with Gasteiger partial charge in [0, 0.05) is 12.3 Å². The first-order valence-electron chi connectivity index (χ1n) is 4.91. The average Bonchev–Trinajstić information content (AvgIpc) is 2.66. The number of rotatable bonds is 2. The van der Waals surface area contributed by atoms with Crippen LogP contribution in [0.3, 0.4) is 0 Å². The maximum atomic E-state index is 10.9. The second-order valence-electron chi connectivity index (χ2n) is 3.62. The highest BCUT2D eigenvalue weighted by molar-refractivity contribution is 5.88. The Morgan fingerprint density at radius 3 is 3.00 bits per heavy atom. The summed E-state index contributed by atoms with van der Waals surface area (Å²) in [5, 5.41) is 20.8. The molecule has 1 amide bonds. The molecule has 3 N–H and O–H groups in total. The molecule has 0 saturated carbocycles. The van der Waals surface area contributed by atoms with Crippen LogP contribution in [0.5, 0.6) is 0 Å². The van der Waals surface area contributed by atoms with Crippen LogP contribution in [0.4, 0.5) is 0 Å². The van der Waals surface area contributed by atoms with Gasteiger partial charge in [0.05, 0.1) is 12.7 Å². The summed E-state index contributed by atoms with van der Waals surface area (Å²) in [7, 11) is 0. The van der Waals surface area contributed by atoms with E-state index >= 15 is 0 Å². The molecular formula is C9H14N2O4. The van der Waals surface area contributed by atoms with E-state index in [4.69, 9.17) is 9.84 Å². The van der Waals surface area contributed by atoms with Crippen LogP contribution in [0.1, 0.15) is 12.8 Å². The molecule has 0 radical (unpaired) electrons. The molecule has 6 heteroatoms. The number of carbonyl (C=O) groups excluding carboxylic acids is 1. The fraction of sp³-hybridized carbons (Fsp3) is 0.667. The van der Waals surface area contributed by atoms with Crippen molar-refractivity contribution in [1.29, 1.82) is 0 Å². The molecule has 0 aromatic carbocycles. The fourth-order valence-electron chi connectivity index (χ4n) is 1.78. The van der Waals surface area contributed by atoms with Gasteiger partial charge in [-0.05, 0) is 12.8 Å². The van der Waals surface area contributed by atoms with Gasteiger partial charge >= 0.3 is 0 Å². The Morgan fingerprint density at radius 1 is 1.60 bits per heavy atom. The number of ether oxygens (including phenoxy) is 1. The molecule has 6 nitrogen and oxygen atoms in total. The topological polar surface area (TPSA) is 82.0 Å². The van der Waals surface area contributed by atoms with E-state index in [2.05, 4.69) is 5.32 Å². The zero-order valence-corrected chi connectivity index (χ0v) is 8.17. The van der Waals surface area contributed by atoms with Crippen molar-refractivity contribution in [1.82, 2.24) is 10.2 Å². The lowest BCUT2D eigenvalue weighted by Crippen LogP contribution is -2.52. The van der Waals surface area contributed by atoms with Gasteiger partial charge in [-0.3, -0.25) is 4.79 Å². The molecule has 15 heavy (non-hydrogen) atoms. The predicted octanol–water partition coefficient (Wildman–Crippen LogP) is -1.29. The van der Waals surface area contributed by atoms with Crippen LogP contribution in [0.2, 0.25) is 0 Å². The van der Waals surface area contributed by atoms with Gasteiger partial charge in [0.2, 0.25) is 12.3 Å². The van der Waals surface area contributed by atoms with E-state index in [1.807, 2.05) is 0 Å². The molecule has 2 rings (SSSR count). The van der Waals surface area contributed by atoms with Gasteiger partial charge < -0.3 is 25.2 Å². The molecule has 3 unspecified atom stereocenters. The molecular weight excluding hydrogens is 200 g/mol. The summed E-state index contributed by atoms with van der Waals surface area (Å²) in [5.41, 5.74) is 0. The summed E-state index contributed by atoms with van der Waals surface area (Å²) in [4.78, 5) is 12.4. The summed E-state index contributed by atoms with van der Waals surface area (Å²) in [6, 6.07) is 0. The molecule has 1 fully saturated rings. The minimum atomic E-state index is -1.05. The Bertz CT molecular complexity index is 281. The monoisotopic (exact) mass is 214 g/mol. The van der Waals surface area contributed by atoms with Crippen molar-refractivity contribution >= 4 is 5.91 Å². The Labute approximate surface area is 87.1 Å². The first-order chi connectivity index (χ1) is 7.20. The van der Waals surface area contributed by atoms with Crippen molar-refractivity contribution in [2.75, 3.05) is 6.61 Å². The molecule has 84 valence electrons.